The van der Waals surface area contributed by atoms with Crippen LogP contribution >= 0.6 is 0 Å². The minimum absolute atomic E-state index is 0.813. The first-order valence-corrected chi connectivity index (χ1v) is 42.3. The third-order valence-corrected chi connectivity index (χ3v) is 11.3. The molecule has 0 saturated heterocycles. The first-order chi connectivity index (χ1) is 60.3. The number of hydrogen-bond acceptors (Lipinski definition) is 32. The summed E-state index contributed by atoms with van der Waals surface area (Å²) >= 11 is 0. The first kappa shape index (κ1) is 153. The van der Waals surface area contributed by atoms with Crippen molar-refractivity contribution >= 4 is 95.5 Å². The molecule has 0 aromatic heterocycles. The van der Waals surface area contributed by atoms with E-state index in [1.54, 1.807) is 97.2 Å². The highest BCUT2D eigenvalue weighted by Gasteiger charge is 1.82. The topological polar surface area (TPSA) is 642 Å². The van der Waals surface area contributed by atoms with Crippen LogP contribution in [0.1, 0.15) is 316 Å². The van der Waals surface area contributed by atoms with Gasteiger partial charge in [-0.3, -0.25) is 0 Å². The van der Waals surface area contributed by atoms with Crippen molar-refractivity contribution in [1.82, 2.24) is 0 Å². The fourth-order valence-corrected chi connectivity index (χ4v) is 5.54. The molecular formula is C96H144O32-16. The van der Waals surface area contributed by atoms with E-state index in [1.807, 2.05) is 111 Å². The average molecular weight is 1810 g/mol. The van der Waals surface area contributed by atoms with Crippen molar-refractivity contribution in [1.29, 1.82) is 0 Å². The number of carboxylic acids is 16. The van der Waals surface area contributed by atoms with Gasteiger partial charge in [-0.25, -0.2) is 0 Å². The zero-order valence-corrected chi connectivity index (χ0v) is 78.2. The Morgan fingerprint density at radius 3 is 0.172 bits per heavy atom. The van der Waals surface area contributed by atoms with E-state index in [-0.39, 0.29) is 0 Å². The van der Waals surface area contributed by atoms with Gasteiger partial charge >= 0.3 is 0 Å². The van der Waals surface area contributed by atoms with Crippen molar-refractivity contribution in [3.8, 4) is 0 Å². The molecule has 0 unspecified atom stereocenters. The van der Waals surface area contributed by atoms with Gasteiger partial charge in [0.05, 0.1) is 95.5 Å². The zero-order valence-electron chi connectivity index (χ0n) is 78.2. The second-order valence-electron chi connectivity index (χ2n) is 24.2. The molecule has 0 amide bonds. The van der Waals surface area contributed by atoms with Crippen molar-refractivity contribution in [3.05, 3.63) is 194 Å². The largest absolute Gasteiger partial charge is 0.545 e. The molecule has 0 atom stereocenters. The molecule has 0 aliphatic carbocycles. The highest BCUT2D eigenvalue weighted by atomic mass is 16.4. The molecule has 0 spiro atoms. The molecule has 0 bridgehead atoms. The molecule has 0 saturated carbocycles. The molecule has 0 N–H and O–H groups in total. The van der Waals surface area contributed by atoms with Crippen LogP contribution in [0.2, 0.25) is 0 Å². The van der Waals surface area contributed by atoms with Gasteiger partial charge in [0.15, 0.2) is 0 Å². The second kappa shape index (κ2) is 149. The van der Waals surface area contributed by atoms with Gasteiger partial charge in [-0.1, -0.05) is 311 Å². The summed E-state index contributed by atoms with van der Waals surface area (Å²) in [6.45, 7) is 31.8. The molecular weight excluding hydrogens is 1670 g/mol. The van der Waals surface area contributed by atoms with Crippen LogP contribution in [0.4, 0.5) is 0 Å². The van der Waals surface area contributed by atoms with Crippen molar-refractivity contribution < 1.29 is 158 Å². The van der Waals surface area contributed by atoms with Gasteiger partial charge < -0.3 is 158 Å². The summed E-state index contributed by atoms with van der Waals surface area (Å²) in [7, 11) is 0. The van der Waals surface area contributed by atoms with Gasteiger partial charge in [0.2, 0.25) is 0 Å². The molecule has 32 nitrogen and oxygen atoms in total. The monoisotopic (exact) mass is 1810 g/mol. The van der Waals surface area contributed by atoms with Crippen LogP contribution in [0.5, 0.6) is 0 Å². The van der Waals surface area contributed by atoms with E-state index in [1.165, 1.54) is 0 Å². The van der Waals surface area contributed by atoms with Gasteiger partial charge in [0.1, 0.15) is 0 Å². The normalized spacial score (nSPS) is 10.1. The quantitative estimate of drug-likeness (QED) is 0.0779. The minimum Gasteiger partial charge on any atom is -0.545 e. The fraction of sp³-hybridized carbons (Fsp3) is 0.500. The van der Waals surface area contributed by atoms with E-state index in [4.69, 9.17) is 0 Å². The maximum atomic E-state index is 9.68. The van der Waals surface area contributed by atoms with Crippen molar-refractivity contribution in [2.24, 2.45) is 0 Å². The van der Waals surface area contributed by atoms with Gasteiger partial charge in [0.25, 0.3) is 0 Å². The maximum Gasteiger partial charge on any atom is 0.0639 e. The molecule has 0 aliphatic heterocycles. The molecule has 128 heavy (non-hydrogen) atoms. The number of carbonyl (C=O) groups excluding carboxylic acids is 16. The lowest BCUT2D eigenvalue weighted by atomic mass is 10.3. The van der Waals surface area contributed by atoms with Crippen LogP contribution in [0.15, 0.2) is 194 Å². The third-order valence-electron chi connectivity index (χ3n) is 11.3. The molecule has 0 radical (unpaired) electrons. The van der Waals surface area contributed by atoms with Gasteiger partial charge in [0, 0.05) is 0 Å². The first-order valence-electron chi connectivity index (χ1n) is 42.3. The summed E-state index contributed by atoms with van der Waals surface area (Å²) in [4.78, 5) is 155. The van der Waals surface area contributed by atoms with E-state index >= 15 is 0 Å². The third kappa shape index (κ3) is 315. The molecule has 0 aromatic carbocycles. The number of hydrogen-bond donors (Lipinski definition) is 0. The Morgan fingerprint density at radius 2 is 0.148 bits per heavy atom. The highest BCUT2D eigenvalue weighted by Crippen LogP contribution is 1.95. The lowest BCUT2D eigenvalue weighted by Gasteiger charge is -1.87. The van der Waals surface area contributed by atoms with Crippen LogP contribution in [0, 0.1) is 0 Å². The average Bonchev–Trinajstić information content (AvgIpc) is 1.43. The standard InChI is InChI=1S/16C6H10O2/c16*1-2-3-4-5-6(7)8/h16*4-5H,2-3H2,1H3,(H,7,8)/p-16. The van der Waals surface area contributed by atoms with Crippen LogP contribution < -0.4 is 81.7 Å². The van der Waals surface area contributed by atoms with E-state index < -0.39 is 95.5 Å². The highest BCUT2D eigenvalue weighted by molar-refractivity contribution is 5.82. The predicted molar refractivity (Wildman–Crippen MR) is 465 cm³/mol. The van der Waals surface area contributed by atoms with E-state index in [9.17, 15) is 158 Å². The summed E-state index contributed by atoms with van der Waals surface area (Å²) in [5.74, 6) is -17.8. The Labute approximate surface area is 761 Å². The number of unbranched alkanes of at least 4 members (excludes halogenated alkanes) is 16. The Morgan fingerprint density at radius 1 is 0.109 bits per heavy atom. The van der Waals surface area contributed by atoms with Crippen LogP contribution in [0.3, 0.4) is 0 Å². The van der Waals surface area contributed by atoms with Gasteiger partial charge in [-0.15, -0.1) is 0 Å². The predicted octanol–water partition coefficient (Wildman–Crippen LogP) is 1.48. The number of aliphatic carboxylic acids is 16. The Bertz CT molecular complexity index is 2350. The number of rotatable bonds is 48. The molecule has 0 aromatic rings. The van der Waals surface area contributed by atoms with Crippen molar-refractivity contribution in [2.45, 2.75) is 316 Å². The van der Waals surface area contributed by atoms with Crippen molar-refractivity contribution in [3.63, 3.8) is 0 Å². The summed E-state index contributed by atoms with van der Waals surface area (Å²) in [6.07, 6.45) is 71.1. The van der Waals surface area contributed by atoms with E-state index in [0.717, 1.165) is 303 Å². The summed E-state index contributed by atoms with van der Waals surface area (Å²) < 4.78 is 0. The van der Waals surface area contributed by atoms with E-state index in [0.29, 0.717) is 0 Å². The maximum absolute atomic E-state index is 9.68. The number of carbonyl (C=O) groups is 16. The smallest absolute Gasteiger partial charge is 0.0639 e. The number of carboxylic acid groups (broad SMARTS) is 16. The molecule has 736 valence electrons. The lowest BCUT2D eigenvalue weighted by molar-refractivity contribution is -0.298. The Hall–Kier alpha value is -12.6. The second-order valence-corrected chi connectivity index (χ2v) is 24.2. The molecule has 0 heterocycles. The van der Waals surface area contributed by atoms with Gasteiger partial charge in [-0.2, -0.15) is 0 Å². The molecule has 0 rings (SSSR count). The lowest BCUT2D eigenvalue weighted by Crippen LogP contribution is -2.18. The van der Waals surface area contributed by atoms with Crippen LogP contribution in [-0.4, -0.2) is 95.5 Å². The molecule has 0 fully saturated rings. The van der Waals surface area contributed by atoms with Gasteiger partial charge in [-0.05, 0) is 200 Å². The Kier molecular flexibility index (Phi) is 178. The zero-order chi connectivity index (χ0) is 102. The summed E-state index contributed by atoms with van der Waals surface area (Å²) in [5, 5.41) is 155. The SMILES string of the molecule is CCCC=CC(=O)[O-].CCCC=CC(=O)[O-].CCCC=CC(=O)[O-].CCCC=CC(=O)[O-].CCCC=CC(=O)[O-].CCCC=CC(=O)[O-].CCCC=CC(=O)[O-].CCCC=CC(=O)[O-].CCCC=CC(=O)[O-].CCCC=CC(=O)[O-].CCCC=CC(=O)[O-].CCCC=CC(=O)[O-].CCCC=CC(=O)[O-].CCCC=CC(=O)[O-].CCCC=CC(=O)[O-].CCCC=CC(=O)[O-]. The fourth-order valence-electron chi connectivity index (χ4n) is 5.54. The summed E-state index contributed by atoms with van der Waals surface area (Å²) in [6, 6.07) is 0. The minimum atomic E-state index is -1.11. The molecule has 0 aliphatic rings. The summed E-state index contributed by atoms with van der Waals surface area (Å²) in [5.41, 5.74) is 0. The van der Waals surface area contributed by atoms with Crippen LogP contribution in [-0.2, 0) is 76.7 Å². The van der Waals surface area contributed by atoms with Crippen LogP contribution in [0.25, 0.3) is 0 Å². The van der Waals surface area contributed by atoms with E-state index in [2.05, 4.69) is 0 Å². The Balaban J connectivity index is -0.0000000747. The molecule has 32 heteroatoms. The van der Waals surface area contributed by atoms with Crippen molar-refractivity contribution in [2.75, 3.05) is 0 Å². The number of allylic oxidation sites excluding steroid dienone is 16.